The van der Waals surface area contributed by atoms with E-state index < -0.39 is 0 Å². The number of ether oxygens (including phenoxy) is 1. The Morgan fingerprint density at radius 1 is 1.53 bits per heavy atom. The van der Waals surface area contributed by atoms with Crippen LogP contribution in [0.2, 0.25) is 0 Å². The van der Waals surface area contributed by atoms with Gasteiger partial charge < -0.3 is 10.5 Å². The van der Waals surface area contributed by atoms with Crippen molar-refractivity contribution in [1.29, 1.82) is 5.41 Å². The Labute approximate surface area is 116 Å². The zero-order valence-electron chi connectivity index (χ0n) is 10.9. The summed E-state index contributed by atoms with van der Waals surface area (Å²) in [6.45, 7) is 2.06. The minimum atomic E-state index is 0.00967. The number of aromatic nitrogens is 2. The van der Waals surface area contributed by atoms with Crippen molar-refractivity contribution < 1.29 is 4.74 Å². The highest BCUT2D eigenvalue weighted by molar-refractivity contribution is 7.99. The lowest BCUT2D eigenvalue weighted by Gasteiger charge is -2.12. The predicted molar refractivity (Wildman–Crippen MR) is 77.1 cm³/mol. The zero-order valence-corrected chi connectivity index (χ0v) is 11.7. The number of aryl methyl sites for hydroxylation is 1. The summed E-state index contributed by atoms with van der Waals surface area (Å²) in [5.74, 6) is 2.13. The number of thioether (sulfide) groups is 1. The fourth-order valence-corrected chi connectivity index (χ4v) is 2.56. The first kappa shape index (κ1) is 13.5. The largest absolute Gasteiger partial charge is 0.453 e. The number of rotatable bonds is 5. The molecule has 0 spiro atoms. The highest BCUT2D eigenvalue weighted by Gasteiger charge is 2.13. The molecular weight excluding hydrogens is 260 g/mol. The first-order chi connectivity index (χ1) is 9.11. The van der Waals surface area contributed by atoms with E-state index in [1.165, 1.54) is 0 Å². The van der Waals surface area contributed by atoms with Gasteiger partial charge in [-0.1, -0.05) is 13.0 Å². The smallest absolute Gasteiger partial charge is 0.165 e. The molecule has 1 aromatic heterocycles. The van der Waals surface area contributed by atoms with Gasteiger partial charge in [-0.15, -0.1) is 11.8 Å². The molecular formula is C13H16N4OS. The summed E-state index contributed by atoms with van der Waals surface area (Å²) >= 11 is 1.64. The molecule has 0 radical (unpaired) electrons. The lowest BCUT2D eigenvalue weighted by Crippen LogP contribution is -2.13. The molecule has 0 aliphatic rings. The number of amidine groups is 1. The number of nitrogens with one attached hydrogen (secondary N) is 1. The van der Waals surface area contributed by atoms with Crippen LogP contribution in [0.15, 0.2) is 35.5 Å². The van der Waals surface area contributed by atoms with Crippen LogP contribution in [0.1, 0.15) is 12.5 Å². The Balaban J connectivity index is 2.38. The second-order valence-corrected chi connectivity index (χ2v) is 5.23. The maximum Gasteiger partial charge on any atom is 0.165 e. The first-order valence-electron chi connectivity index (χ1n) is 5.88. The number of benzene rings is 1. The zero-order chi connectivity index (χ0) is 13.8. The lowest BCUT2D eigenvalue weighted by atomic mass is 10.2. The summed E-state index contributed by atoms with van der Waals surface area (Å²) < 4.78 is 7.42. The fraction of sp³-hybridized carbons (Fsp3) is 0.231. The van der Waals surface area contributed by atoms with Crippen molar-refractivity contribution in [3.05, 3.63) is 36.2 Å². The van der Waals surface area contributed by atoms with E-state index in [-0.39, 0.29) is 5.84 Å². The van der Waals surface area contributed by atoms with Crippen LogP contribution < -0.4 is 10.5 Å². The molecule has 0 aliphatic heterocycles. The predicted octanol–water partition coefficient (Wildman–Crippen LogP) is 2.61. The second-order valence-electron chi connectivity index (χ2n) is 3.93. The fourth-order valence-electron chi connectivity index (χ4n) is 1.72. The van der Waals surface area contributed by atoms with Gasteiger partial charge in [-0.05, 0) is 17.9 Å². The van der Waals surface area contributed by atoms with E-state index in [9.17, 15) is 0 Å². The van der Waals surface area contributed by atoms with Crippen molar-refractivity contribution >= 4 is 17.6 Å². The monoisotopic (exact) mass is 276 g/mol. The van der Waals surface area contributed by atoms with Crippen LogP contribution in [0.5, 0.6) is 11.5 Å². The van der Waals surface area contributed by atoms with Crippen molar-refractivity contribution in [2.75, 3.05) is 5.75 Å². The third-order valence-electron chi connectivity index (χ3n) is 2.47. The maximum absolute atomic E-state index is 7.73. The number of hydrogen-bond donors (Lipinski definition) is 2. The third-order valence-corrected chi connectivity index (χ3v) is 3.41. The van der Waals surface area contributed by atoms with E-state index >= 15 is 0 Å². The van der Waals surface area contributed by atoms with Crippen molar-refractivity contribution in [2.24, 2.45) is 12.8 Å². The molecule has 0 amide bonds. The maximum atomic E-state index is 7.73. The quantitative estimate of drug-likeness (QED) is 0.500. The molecule has 0 bridgehead atoms. The van der Waals surface area contributed by atoms with Gasteiger partial charge in [0, 0.05) is 11.9 Å². The van der Waals surface area contributed by atoms with Crippen LogP contribution in [0.3, 0.4) is 0 Å². The normalized spacial score (nSPS) is 10.4. The molecule has 5 nitrogen and oxygen atoms in total. The summed E-state index contributed by atoms with van der Waals surface area (Å²) in [6.07, 6.45) is 3.40. The standard InChI is InChI=1S/C13H16N4OS/c1-3-19-11-6-4-5-10(12(11)13(14)15)18-9-7-16-17(2)8-9/h4-8H,3H2,1-2H3,(H3,14,15). The molecule has 0 fully saturated rings. The van der Waals surface area contributed by atoms with Crippen molar-refractivity contribution in [2.45, 2.75) is 11.8 Å². The van der Waals surface area contributed by atoms with Crippen LogP contribution >= 0.6 is 11.8 Å². The Morgan fingerprint density at radius 2 is 2.32 bits per heavy atom. The highest BCUT2D eigenvalue weighted by atomic mass is 32.2. The summed E-state index contributed by atoms with van der Waals surface area (Å²) in [7, 11) is 1.82. The van der Waals surface area contributed by atoms with E-state index in [1.54, 1.807) is 28.8 Å². The van der Waals surface area contributed by atoms with E-state index in [0.29, 0.717) is 17.1 Å². The van der Waals surface area contributed by atoms with Gasteiger partial charge >= 0.3 is 0 Å². The van der Waals surface area contributed by atoms with Crippen LogP contribution in [0.4, 0.5) is 0 Å². The van der Waals surface area contributed by atoms with Gasteiger partial charge in [0.2, 0.25) is 0 Å². The first-order valence-corrected chi connectivity index (χ1v) is 6.87. The van der Waals surface area contributed by atoms with E-state index in [4.69, 9.17) is 15.9 Å². The summed E-state index contributed by atoms with van der Waals surface area (Å²) in [6, 6.07) is 5.65. The van der Waals surface area contributed by atoms with Gasteiger partial charge in [-0.2, -0.15) is 5.10 Å². The topological polar surface area (TPSA) is 76.9 Å². The Kier molecular flexibility index (Phi) is 4.11. The molecule has 0 aliphatic carbocycles. The molecule has 0 atom stereocenters. The molecule has 0 unspecified atom stereocenters. The van der Waals surface area contributed by atoms with Gasteiger partial charge in [0.15, 0.2) is 5.75 Å². The van der Waals surface area contributed by atoms with Crippen molar-refractivity contribution in [3.8, 4) is 11.5 Å². The second kappa shape index (κ2) is 5.79. The number of nitrogens with two attached hydrogens (primary N) is 1. The van der Waals surface area contributed by atoms with Gasteiger partial charge in [-0.3, -0.25) is 10.1 Å². The van der Waals surface area contributed by atoms with E-state index in [0.717, 1.165) is 10.6 Å². The minimum Gasteiger partial charge on any atom is -0.453 e. The Hall–Kier alpha value is -1.95. The molecule has 0 saturated carbocycles. The molecule has 1 heterocycles. The molecule has 100 valence electrons. The average molecular weight is 276 g/mol. The number of nitrogens with zero attached hydrogens (tertiary/aromatic N) is 2. The molecule has 2 aromatic rings. The van der Waals surface area contributed by atoms with Gasteiger partial charge in [0.1, 0.15) is 11.6 Å². The summed E-state index contributed by atoms with van der Waals surface area (Å²) in [4.78, 5) is 0.955. The molecule has 19 heavy (non-hydrogen) atoms. The van der Waals surface area contributed by atoms with Crippen LogP contribution in [0.25, 0.3) is 0 Å². The Bertz CT molecular complexity index is 594. The molecule has 0 saturated heterocycles. The third kappa shape index (κ3) is 3.08. The molecule has 6 heteroatoms. The van der Waals surface area contributed by atoms with Crippen molar-refractivity contribution in [1.82, 2.24) is 9.78 Å². The van der Waals surface area contributed by atoms with Gasteiger partial charge in [0.05, 0.1) is 18.0 Å². The lowest BCUT2D eigenvalue weighted by molar-refractivity contribution is 0.479. The van der Waals surface area contributed by atoms with Crippen LogP contribution in [0, 0.1) is 5.41 Å². The summed E-state index contributed by atoms with van der Waals surface area (Å²) in [5, 5.41) is 11.8. The summed E-state index contributed by atoms with van der Waals surface area (Å²) in [5.41, 5.74) is 6.31. The van der Waals surface area contributed by atoms with Gasteiger partial charge in [-0.25, -0.2) is 0 Å². The SMILES string of the molecule is CCSc1cccc(Oc2cnn(C)c2)c1C(=N)N. The molecule has 3 N–H and O–H groups in total. The number of hydrogen-bond acceptors (Lipinski definition) is 4. The van der Waals surface area contributed by atoms with E-state index in [2.05, 4.69) is 12.0 Å². The minimum absolute atomic E-state index is 0.00967. The molecule has 1 aromatic carbocycles. The highest BCUT2D eigenvalue weighted by Crippen LogP contribution is 2.32. The van der Waals surface area contributed by atoms with Crippen LogP contribution in [-0.4, -0.2) is 21.4 Å². The van der Waals surface area contributed by atoms with E-state index in [1.807, 2.05) is 25.2 Å². The van der Waals surface area contributed by atoms with Gasteiger partial charge in [0.25, 0.3) is 0 Å². The number of nitrogen functional groups attached to an aromatic ring is 1. The van der Waals surface area contributed by atoms with Crippen molar-refractivity contribution in [3.63, 3.8) is 0 Å². The average Bonchev–Trinajstić information content (AvgIpc) is 2.75. The van der Waals surface area contributed by atoms with Crippen LogP contribution in [-0.2, 0) is 7.05 Å². The molecule has 2 rings (SSSR count). The Morgan fingerprint density at radius 3 is 2.89 bits per heavy atom.